The zero-order chi connectivity index (χ0) is 20.9. The summed E-state index contributed by atoms with van der Waals surface area (Å²) in [7, 11) is -2.52. The van der Waals surface area contributed by atoms with Crippen LogP contribution in [0.2, 0.25) is 5.02 Å². The molecule has 0 saturated carbocycles. The molecule has 1 heterocycles. The standard InChI is InChI=1S/C18H21ClN2O5S2/c1-11(2)21-28(24,25)12-6-7-14(19)13(9-12)18(23)20-15(10-17(22)26-3)16-5-4-8-27-16/h4-9,11,15,21H,10H2,1-3H3,(H,20,23). The first kappa shape index (κ1) is 22.4. The Bertz CT molecular complexity index is 943. The average molecular weight is 445 g/mol. The highest BCUT2D eigenvalue weighted by Crippen LogP contribution is 2.25. The van der Waals surface area contributed by atoms with Crippen LogP contribution in [0.15, 0.2) is 40.6 Å². The molecule has 0 aliphatic heterocycles. The van der Waals surface area contributed by atoms with Gasteiger partial charge in [-0.25, -0.2) is 13.1 Å². The lowest BCUT2D eigenvalue weighted by Crippen LogP contribution is -2.32. The van der Waals surface area contributed by atoms with Crippen molar-refractivity contribution >= 4 is 44.8 Å². The monoisotopic (exact) mass is 444 g/mol. The van der Waals surface area contributed by atoms with E-state index in [-0.39, 0.29) is 27.9 Å². The second kappa shape index (κ2) is 9.51. The summed E-state index contributed by atoms with van der Waals surface area (Å²) in [6, 6.07) is 6.56. The molecule has 1 atom stereocenters. The number of esters is 1. The average Bonchev–Trinajstić information content (AvgIpc) is 3.14. The second-order valence-corrected chi connectivity index (χ2v) is 9.34. The van der Waals surface area contributed by atoms with Crippen LogP contribution in [0.4, 0.5) is 0 Å². The van der Waals surface area contributed by atoms with Gasteiger partial charge in [-0.05, 0) is 43.5 Å². The summed E-state index contributed by atoms with van der Waals surface area (Å²) < 4.78 is 31.9. The van der Waals surface area contributed by atoms with E-state index >= 15 is 0 Å². The number of carbonyl (C=O) groups is 2. The van der Waals surface area contributed by atoms with Crippen LogP contribution in [0.1, 0.15) is 41.5 Å². The first-order chi connectivity index (χ1) is 13.1. The first-order valence-electron chi connectivity index (χ1n) is 8.37. The van der Waals surface area contributed by atoms with Crippen LogP contribution in [-0.2, 0) is 19.6 Å². The molecule has 7 nitrogen and oxygen atoms in total. The van der Waals surface area contributed by atoms with Gasteiger partial charge in [-0.2, -0.15) is 0 Å². The van der Waals surface area contributed by atoms with Crippen molar-refractivity contribution in [1.82, 2.24) is 10.0 Å². The molecule has 0 aliphatic rings. The Morgan fingerprint density at radius 3 is 2.54 bits per heavy atom. The molecule has 0 radical (unpaired) electrons. The number of amides is 1. The lowest BCUT2D eigenvalue weighted by molar-refractivity contribution is -0.141. The van der Waals surface area contributed by atoms with Gasteiger partial charge in [0.2, 0.25) is 10.0 Å². The van der Waals surface area contributed by atoms with Crippen molar-refractivity contribution in [2.75, 3.05) is 7.11 Å². The lowest BCUT2D eigenvalue weighted by Gasteiger charge is -2.17. The third-order valence-corrected chi connectivity index (χ3v) is 6.65. The molecule has 0 bridgehead atoms. The number of halogens is 1. The van der Waals surface area contributed by atoms with Gasteiger partial charge in [0.05, 0.1) is 35.1 Å². The van der Waals surface area contributed by atoms with Gasteiger partial charge in [0.25, 0.3) is 5.91 Å². The van der Waals surface area contributed by atoms with Crippen LogP contribution >= 0.6 is 22.9 Å². The Morgan fingerprint density at radius 2 is 1.96 bits per heavy atom. The Balaban J connectivity index is 2.31. The molecule has 2 aromatic rings. The first-order valence-corrected chi connectivity index (χ1v) is 11.1. The maximum atomic E-state index is 12.8. The lowest BCUT2D eigenvalue weighted by atomic mass is 10.1. The summed E-state index contributed by atoms with van der Waals surface area (Å²) in [5, 5.41) is 4.66. The molecule has 1 aromatic heterocycles. The van der Waals surface area contributed by atoms with Crippen molar-refractivity contribution < 1.29 is 22.7 Å². The van der Waals surface area contributed by atoms with E-state index in [1.165, 1.54) is 36.6 Å². The maximum absolute atomic E-state index is 12.8. The van der Waals surface area contributed by atoms with Gasteiger partial charge in [0, 0.05) is 10.9 Å². The van der Waals surface area contributed by atoms with Crippen molar-refractivity contribution in [3.05, 3.63) is 51.2 Å². The zero-order valence-electron chi connectivity index (χ0n) is 15.6. The minimum atomic E-state index is -3.79. The topological polar surface area (TPSA) is 102 Å². The molecule has 28 heavy (non-hydrogen) atoms. The van der Waals surface area contributed by atoms with Gasteiger partial charge in [-0.3, -0.25) is 9.59 Å². The van der Waals surface area contributed by atoms with E-state index in [0.717, 1.165) is 4.88 Å². The Hall–Kier alpha value is -1.94. The maximum Gasteiger partial charge on any atom is 0.307 e. The molecule has 1 aromatic carbocycles. The van der Waals surface area contributed by atoms with Gasteiger partial charge in [-0.15, -0.1) is 11.3 Å². The molecule has 152 valence electrons. The van der Waals surface area contributed by atoms with Crippen molar-refractivity contribution in [1.29, 1.82) is 0 Å². The number of methoxy groups -OCH3 is 1. The molecule has 2 rings (SSSR count). The van der Waals surface area contributed by atoms with Crippen molar-refractivity contribution in [2.24, 2.45) is 0 Å². The quantitative estimate of drug-likeness (QED) is 0.609. The molecule has 10 heteroatoms. The van der Waals surface area contributed by atoms with Crippen LogP contribution in [0.25, 0.3) is 0 Å². The minimum absolute atomic E-state index is 0.000260. The highest BCUT2D eigenvalue weighted by molar-refractivity contribution is 7.89. The number of nitrogens with one attached hydrogen (secondary N) is 2. The highest BCUT2D eigenvalue weighted by Gasteiger charge is 2.24. The van der Waals surface area contributed by atoms with Gasteiger partial charge in [-0.1, -0.05) is 17.7 Å². The van der Waals surface area contributed by atoms with E-state index in [4.69, 9.17) is 16.3 Å². The Morgan fingerprint density at radius 1 is 1.25 bits per heavy atom. The van der Waals surface area contributed by atoms with Crippen LogP contribution in [0.5, 0.6) is 0 Å². The van der Waals surface area contributed by atoms with Gasteiger partial charge < -0.3 is 10.1 Å². The minimum Gasteiger partial charge on any atom is -0.469 e. The van der Waals surface area contributed by atoms with Gasteiger partial charge >= 0.3 is 5.97 Å². The number of sulfonamides is 1. The van der Waals surface area contributed by atoms with Crippen LogP contribution < -0.4 is 10.0 Å². The molecule has 1 unspecified atom stereocenters. The fourth-order valence-corrected chi connectivity index (χ4v) is 4.68. The number of benzene rings is 1. The second-order valence-electron chi connectivity index (χ2n) is 6.24. The van der Waals surface area contributed by atoms with Crippen molar-refractivity contribution in [3.8, 4) is 0 Å². The molecule has 0 fully saturated rings. The number of hydrogen-bond donors (Lipinski definition) is 2. The Labute approximate surface area is 173 Å². The summed E-state index contributed by atoms with van der Waals surface area (Å²) in [5.74, 6) is -1.07. The third kappa shape index (κ3) is 5.78. The molecule has 0 saturated heterocycles. The summed E-state index contributed by atoms with van der Waals surface area (Å²) in [6.45, 7) is 3.39. The summed E-state index contributed by atoms with van der Waals surface area (Å²) in [4.78, 5) is 25.2. The van der Waals surface area contributed by atoms with E-state index in [2.05, 4.69) is 10.0 Å². The van der Waals surface area contributed by atoms with E-state index in [0.29, 0.717) is 0 Å². The molecule has 0 aliphatic carbocycles. The number of ether oxygens (including phenoxy) is 1. The fraction of sp³-hybridized carbons (Fsp3) is 0.333. The zero-order valence-corrected chi connectivity index (χ0v) is 18.0. The van der Waals surface area contributed by atoms with Crippen molar-refractivity contribution in [2.45, 2.75) is 37.2 Å². The van der Waals surface area contributed by atoms with Crippen molar-refractivity contribution in [3.63, 3.8) is 0 Å². The van der Waals surface area contributed by atoms with E-state index in [9.17, 15) is 18.0 Å². The fourth-order valence-electron chi connectivity index (χ4n) is 2.42. The number of hydrogen-bond acceptors (Lipinski definition) is 6. The van der Waals surface area contributed by atoms with E-state index in [1.54, 1.807) is 26.0 Å². The molecule has 2 N–H and O–H groups in total. The number of rotatable bonds is 8. The highest BCUT2D eigenvalue weighted by atomic mass is 35.5. The smallest absolute Gasteiger partial charge is 0.307 e. The summed E-state index contributed by atoms with van der Waals surface area (Å²) in [6.07, 6.45) is -0.0622. The normalized spacial score (nSPS) is 12.6. The molecular weight excluding hydrogens is 424 g/mol. The summed E-state index contributed by atoms with van der Waals surface area (Å²) >= 11 is 7.50. The van der Waals surface area contributed by atoms with Gasteiger partial charge in [0.15, 0.2) is 0 Å². The van der Waals surface area contributed by atoms with Crippen LogP contribution in [0.3, 0.4) is 0 Å². The largest absolute Gasteiger partial charge is 0.469 e. The third-order valence-electron chi connectivity index (χ3n) is 3.67. The molecule has 0 spiro atoms. The SMILES string of the molecule is COC(=O)CC(NC(=O)c1cc(S(=O)(=O)NC(C)C)ccc1Cl)c1cccs1. The van der Waals surface area contributed by atoms with Crippen LogP contribution in [-0.4, -0.2) is 33.4 Å². The predicted molar refractivity (Wildman–Crippen MR) is 108 cm³/mol. The van der Waals surface area contributed by atoms with E-state index < -0.39 is 27.9 Å². The van der Waals surface area contributed by atoms with E-state index in [1.807, 2.05) is 5.38 Å². The number of thiophene rings is 1. The molecule has 1 amide bonds. The van der Waals surface area contributed by atoms with Crippen LogP contribution in [0, 0.1) is 0 Å². The molecular formula is C18H21ClN2O5S2. The number of carbonyl (C=O) groups excluding carboxylic acids is 2. The van der Waals surface area contributed by atoms with Gasteiger partial charge in [0.1, 0.15) is 0 Å². The Kier molecular flexibility index (Phi) is 7.59. The predicted octanol–water partition coefficient (Wildman–Crippen LogP) is 3.12. The summed E-state index contributed by atoms with van der Waals surface area (Å²) in [5.41, 5.74) is -0.000260.